The van der Waals surface area contributed by atoms with Crippen LogP contribution < -0.4 is 4.74 Å². The fourth-order valence-corrected chi connectivity index (χ4v) is 6.61. The third-order valence-corrected chi connectivity index (χ3v) is 8.31. The van der Waals surface area contributed by atoms with Crippen LogP contribution in [0, 0.1) is 35.3 Å². The summed E-state index contributed by atoms with van der Waals surface area (Å²) in [6, 6.07) is 3.31. The summed E-state index contributed by atoms with van der Waals surface area (Å²) in [4.78, 5) is 0. The van der Waals surface area contributed by atoms with Crippen LogP contribution in [-0.2, 0) is 0 Å². The Balaban J connectivity index is 1.28. The van der Waals surface area contributed by atoms with Crippen LogP contribution in [0.1, 0.15) is 95.0 Å². The average Bonchev–Trinajstić information content (AvgIpc) is 2.76. The van der Waals surface area contributed by atoms with Crippen LogP contribution in [0.15, 0.2) is 12.1 Å². The van der Waals surface area contributed by atoms with Gasteiger partial charge in [-0.25, -0.2) is 4.39 Å². The van der Waals surface area contributed by atoms with E-state index in [1.54, 1.807) is 12.1 Å². The smallest absolute Gasteiger partial charge is 0.200 e. The zero-order chi connectivity index (χ0) is 19.5. The van der Waals surface area contributed by atoms with Crippen molar-refractivity contribution in [3.05, 3.63) is 29.3 Å². The van der Waals surface area contributed by atoms with E-state index in [0.29, 0.717) is 5.56 Å². The molecule has 0 heterocycles. The number of ether oxygens (including phenoxy) is 1. The lowest BCUT2D eigenvalue weighted by atomic mass is 9.65. The van der Waals surface area contributed by atoms with Gasteiger partial charge in [-0.2, -0.15) is 4.39 Å². The minimum atomic E-state index is -0.830. The van der Waals surface area contributed by atoms with Crippen molar-refractivity contribution < 1.29 is 13.5 Å². The van der Waals surface area contributed by atoms with Crippen LogP contribution in [-0.4, -0.2) is 7.11 Å². The van der Waals surface area contributed by atoms with E-state index < -0.39 is 11.6 Å². The molecule has 3 heteroatoms. The van der Waals surface area contributed by atoms with Crippen molar-refractivity contribution in [2.45, 2.75) is 89.4 Å². The summed E-state index contributed by atoms with van der Waals surface area (Å²) < 4.78 is 33.4. The fraction of sp³-hybridized carbons (Fsp3) is 0.760. The highest BCUT2D eigenvalue weighted by molar-refractivity contribution is 5.33. The summed E-state index contributed by atoms with van der Waals surface area (Å²) in [6.07, 6.45) is 17.3. The van der Waals surface area contributed by atoms with E-state index in [2.05, 4.69) is 0 Å². The summed E-state index contributed by atoms with van der Waals surface area (Å²) in [5.41, 5.74) is 0.553. The molecule has 0 saturated heterocycles. The molecule has 0 radical (unpaired) electrons. The molecular formula is C25H36F2O. The first-order valence-corrected chi connectivity index (χ1v) is 11.7. The predicted octanol–water partition coefficient (Wildman–Crippen LogP) is 7.63. The highest BCUT2D eigenvalue weighted by atomic mass is 19.2. The first-order chi connectivity index (χ1) is 13.7. The second-order valence-electron chi connectivity index (χ2n) is 9.67. The van der Waals surface area contributed by atoms with Gasteiger partial charge in [0.05, 0.1) is 7.11 Å². The number of hydrogen-bond acceptors (Lipinski definition) is 1. The molecule has 28 heavy (non-hydrogen) atoms. The van der Waals surface area contributed by atoms with E-state index in [4.69, 9.17) is 4.74 Å². The Labute approximate surface area is 169 Å². The molecule has 3 aliphatic rings. The van der Waals surface area contributed by atoms with Crippen molar-refractivity contribution in [2.24, 2.45) is 23.7 Å². The Bertz CT molecular complexity index is 636. The van der Waals surface area contributed by atoms with E-state index in [9.17, 15) is 8.78 Å². The molecular weight excluding hydrogens is 354 g/mol. The Hall–Kier alpha value is -1.12. The van der Waals surface area contributed by atoms with Gasteiger partial charge < -0.3 is 4.74 Å². The van der Waals surface area contributed by atoms with E-state index in [1.165, 1.54) is 77.7 Å². The Morgan fingerprint density at radius 3 is 1.68 bits per heavy atom. The molecule has 0 spiro atoms. The molecule has 0 atom stereocenters. The van der Waals surface area contributed by atoms with Crippen molar-refractivity contribution >= 4 is 0 Å². The number of rotatable bonds is 4. The SMILES string of the molecule is COc1ccc(C2CCC(C3CCC(C4CCCCC4)CC3)CC2)c(F)c1F. The molecule has 0 aliphatic heterocycles. The van der Waals surface area contributed by atoms with Gasteiger partial charge >= 0.3 is 0 Å². The number of hydrogen-bond donors (Lipinski definition) is 0. The van der Waals surface area contributed by atoms with E-state index in [-0.39, 0.29) is 11.7 Å². The van der Waals surface area contributed by atoms with E-state index >= 15 is 0 Å². The van der Waals surface area contributed by atoms with Crippen LogP contribution in [0.2, 0.25) is 0 Å². The van der Waals surface area contributed by atoms with Gasteiger partial charge in [-0.15, -0.1) is 0 Å². The molecule has 1 nitrogen and oxygen atoms in total. The van der Waals surface area contributed by atoms with Crippen molar-refractivity contribution in [1.29, 1.82) is 0 Å². The largest absolute Gasteiger partial charge is 0.494 e. The summed E-state index contributed by atoms with van der Waals surface area (Å²) in [6.45, 7) is 0. The minimum Gasteiger partial charge on any atom is -0.494 e. The lowest BCUT2D eigenvalue weighted by molar-refractivity contribution is 0.119. The quantitative estimate of drug-likeness (QED) is 0.513. The van der Waals surface area contributed by atoms with Gasteiger partial charge in [0.25, 0.3) is 0 Å². The van der Waals surface area contributed by atoms with E-state index in [0.717, 1.165) is 36.5 Å². The van der Waals surface area contributed by atoms with Crippen LogP contribution in [0.3, 0.4) is 0 Å². The number of benzene rings is 1. The van der Waals surface area contributed by atoms with Gasteiger partial charge in [-0.3, -0.25) is 0 Å². The molecule has 156 valence electrons. The third kappa shape index (κ3) is 4.24. The van der Waals surface area contributed by atoms with Gasteiger partial charge in [0.1, 0.15) is 0 Å². The van der Waals surface area contributed by atoms with Gasteiger partial charge in [0.2, 0.25) is 5.82 Å². The monoisotopic (exact) mass is 390 g/mol. The van der Waals surface area contributed by atoms with E-state index in [1.807, 2.05) is 0 Å². The molecule has 0 bridgehead atoms. The molecule has 0 amide bonds. The number of halogens is 2. The molecule has 3 aliphatic carbocycles. The van der Waals surface area contributed by atoms with Crippen molar-refractivity contribution in [2.75, 3.05) is 7.11 Å². The molecule has 0 aromatic heterocycles. The first kappa shape index (κ1) is 20.2. The maximum Gasteiger partial charge on any atom is 0.200 e. The molecule has 0 unspecified atom stereocenters. The molecule has 3 saturated carbocycles. The Morgan fingerprint density at radius 1 is 0.643 bits per heavy atom. The summed E-state index contributed by atoms with van der Waals surface area (Å²) in [7, 11) is 1.38. The van der Waals surface area contributed by atoms with Crippen molar-refractivity contribution in [3.8, 4) is 5.75 Å². The van der Waals surface area contributed by atoms with Gasteiger partial charge in [-0.05, 0) is 92.6 Å². The highest BCUT2D eigenvalue weighted by Crippen LogP contribution is 2.47. The highest BCUT2D eigenvalue weighted by Gasteiger charge is 2.34. The second kappa shape index (κ2) is 9.13. The Kier molecular flexibility index (Phi) is 6.58. The average molecular weight is 391 g/mol. The Morgan fingerprint density at radius 2 is 1.14 bits per heavy atom. The van der Waals surface area contributed by atoms with Crippen LogP contribution >= 0.6 is 0 Å². The normalized spacial score (nSPS) is 32.2. The summed E-state index contributed by atoms with van der Waals surface area (Å²) >= 11 is 0. The fourth-order valence-electron chi connectivity index (χ4n) is 6.61. The lowest BCUT2D eigenvalue weighted by Gasteiger charge is -2.40. The van der Waals surface area contributed by atoms with Crippen LogP contribution in [0.5, 0.6) is 5.75 Å². The lowest BCUT2D eigenvalue weighted by Crippen LogP contribution is -2.28. The maximum absolute atomic E-state index is 14.5. The molecule has 0 N–H and O–H groups in total. The molecule has 1 aromatic rings. The standard InChI is InChI=1S/C25H36F2O/c1-28-23-16-15-22(24(26)25(23)27)21-13-11-20(12-14-21)19-9-7-18(8-10-19)17-5-3-2-4-6-17/h15-21H,2-14H2,1H3. The number of methoxy groups -OCH3 is 1. The maximum atomic E-state index is 14.5. The third-order valence-electron chi connectivity index (χ3n) is 8.31. The zero-order valence-electron chi connectivity index (χ0n) is 17.4. The van der Waals surface area contributed by atoms with Gasteiger partial charge in [0, 0.05) is 0 Å². The predicted molar refractivity (Wildman–Crippen MR) is 110 cm³/mol. The van der Waals surface area contributed by atoms with Crippen LogP contribution in [0.4, 0.5) is 8.78 Å². The molecule has 4 rings (SSSR count). The topological polar surface area (TPSA) is 9.23 Å². The summed E-state index contributed by atoms with van der Waals surface area (Å²) in [5, 5.41) is 0. The summed E-state index contributed by atoms with van der Waals surface area (Å²) in [5.74, 6) is 2.31. The molecule has 3 fully saturated rings. The zero-order valence-corrected chi connectivity index (χ0v) is 17.4. The van der Waals surface area contributed by atoms with Gasteiger partial charge in [-0.1, -0.05) is 38.2 Å². The molecule has 1 aromatic carbocycles. The van der Waals surface area contributed by atoms with Crippen LogP contribution in [0.25, 0.3) is 0 Å². The van der Waals surface area contributed by atoms with Crippen molar-refractivity contribution in [3.63, 3.8) is 0 Å². The van der Waals surface area contributed by atoms with Crippen molar-refractivity contribution in [1.82, 2.24) is 0 Å². The van der Waals surface area contributed by atoms with Gasteiger partial charge in [0.15, 0.2) is 11.6 Å². The first-order valence-electron chi connectivity index (χ1n) is 11.7. The minimum absolute atomic E-state index is 0.00432. The second-order valence-corrected chi connectivity index (χ2v) is 9.67.